The first-order valence-electron chi connectivity index (χ1n) is 10.2. The molecule has 5 atom stereocenters. The number of aldehydes is 1. The number of carbonyl (C=O) groups excluding carboxylic acids is 1. The molecule has 4 rings (SSSR count). The van der Waals surface area contributed by atoms with Gasteiger partial charge < -0.3 is 9.84 Å². The summed E-state index contributed by atoms with van der Waals surface area (Å²) >= 11 is 0. The van der Waals surface area contributed by atoms with Gasteiger partial charge in [-0.2, -0.15) is 0 Å². The normalized spacial score (nSPS) is 30.3. The second kappa shape index (κ2) is 8.26. The first-order valence-corrected chi connectivity index (χ1v) is 10.2. The molecular formula is C24H28O3. The molecule has 0 bridgehead atoms. The SMILES string of the molecule is O=CCOc1ccc([C@H]2C3CCC(O)CC3CC[C@H]2c2ccccc2)cc1. The van der Waals surface area contributed by atoms with Crippen LogP contribution in [0.5, 0.6) is 5.75 Å². The minimum absolute atomic E-state index is 0.0952. The molecular weight excluding hydrogens is 336 g/mol. The lowest BCUT2D eigenvalue weighted by molar-refractivity contribution is -0.109. The highest BCUT2D eigenvalue weighted by Crippen LogP contribution is 2.54. The van der Waals surface area contributed by atoms with Crippen LogP contribution >= 0.6 is 0 Å². The molecule has 0 amide bonds. The van der Waals surface area contributed by atoms with Gasteiger partial charge in [0.25, 0.3) is 0 Å². The van der Waals surface area contributed by atoms with Gasteiger partial charge in [-0.25, -0.2) is 0 Å². The third-order valence-corrected chi connectivity index (χ3v) is 6.57. The van der Waals surface area contributed by atoms with Crippen LogP contribution < -0.4 is 4.74 Å². The van der Waals surface area contributed by atoms with Gasteiger partial charge in [0, 0.05) is 0 Å². The summed E-state index contributed by atoms with van der Waals surface area (Å²) in [5, 5.41) is 10.2. The third kappa shape index (κ3) is 3.93. The van der Waals surface area contributed by atoms with Crippen molar-refractivity contribution in [1.82, 2.24) is 0 Å². The van der Waals surface area contributed by atoms with E-state index in [2.05, 4.69) is 42.5 Å². The summed E-state index contributed by atoms with van der Waals surface area (Å²) in [4.78, 5) is 10.5. The molecule has 2 fully saturated rings. The van der Waals surface area contributed by atoms with Gasteiger partial charge in [0.2, 0.25) is 0 Å². The van der Waals surface area contributed by atoms with Crippen LogP contribution in [0.1, 0.15) is 55.1 Å². The molecule has 2 aromatic carbocycles. The average molecular weight is 364 g/mol. The fraction of sp³-hybridized carbons (Fsp3) is 0.458. The van der Waals surface area contributed by atoms with Crippen molar-refractivity contribution in [3.8, 4) is 5.75 Å². The number of hydrogen-bond acceptors (Lipinski definition) is 3. The molecule has 2 saturated carbocycles. The second-order valence-electron chi connectivity index (χ2n) is 8.06. The Labute approximate surface area is 161 Å². The molecule has 2 aliphatic carbocycles. The number of fused-ring (bicyclic) bond motifs is 1. The van der Waals surface area contributed by atoms with Crippen LogP contribution in [-0.4, -0.2) is 24.1 Å². The van der Waals surface area contributed by atoms with Gasteiger partial charge in [-0.1, -0.05) is 42.5 Å². The summed E-state index contributed by atoms with van der Waals surface area (Å²) in [6.45, 7) is 0.0952. The van der Waals surface area contributed by atoms with E-state index in [0.29, 0.717) is 23.7 Å². The maximum Gasteiger partial charge on any atom is 0.157 e. The van der Waals surface area contributed by atoms with Crippen LogP contribution in [0.4, 0.5) is 0 Å². The Morgan fingerprint density at radius 3 is 2.44 bits per heavy atom. The van der Waals surface area contributed by atoms with Gasteiger partial charge in [-0.05, 0) is 79.0 Å². The quantitative estimate of drug-likeness (QED) is 0.782. The van der Waals surface area contributed by atoms with Crippen molar-refractivity contribution in [3.63, 3.8) is 0 Å². The smallest absolute Gasteiger partial charge is 0.157 e. The zero-order valence-electron chi connectivity index (χ0n) is 15.7. The minimum Gasteiger partial charge on any atom is -0.486 e. The van der Waals surface area contributed by atoms with E-state index in [-0.39, 0.29) is 12.7 Å². The van der Waals surface area contributed by atoms with E-state index in [4.69, 9.17) is 4.74 Å². The first kappa shape index (κ1) is 18.2. The molecule has 1 N–H and O–H groups in total. The Kier molecular flexibility index (Phi) is 5.58. The lowest BCUT2D eigenvalue weighted by atomic mass is 9.58. The Balaban J connectivity index is 1.65. The molecule has 0 saturated heterocycles. The number of benzene rings is 2. The van der Waals surface area contributed by atoms with Crippen molar-refractivity contribution in [2.75, 3.05) is 6.61 Å². The second-order valence-corrected chi connectivity index (χ2v) is 8.06. The van der Waals surface area contributed by atoms with Crippen LogP contribution in [0.25, 0.3) is 0 Å². The topological polar surface area (TPSA) is 46.5 Å². The number of hydrogen-bond donors (Lipinski definition) is 1. The Morgan fingerprint density at radius 2 is 1.70 bits per heavy atom. The van der Waals surface area contributed by atoms with Crippen molar-refractivity contribution in [1.29, 1.82) is 0 Å². The molecule has 3 unspecified atom stereocenters. The fourth-order valence-electron chi connectivity index (χ4n) is 5.41. The van der Waals surface area contributed by atoms with Crippen LogP contribution in [0, 0.1) is 11.8 Å². The molecule has 27 heavy (non-hydrogen) atoms. The Bertz CT molecular complexity index is 740. The van der Waals surface area contributed by atoms with Crippen molar-refractivity contribution >= 4 is 6.29 Å². The highest BCUT2D eigenvalue weighted by molar-refractivity contribution is 5.51. The first-order chi connectivity index (χ1) is 13.3. The molecule has 2 aromatic rings. The lowest BCUT2D eigenvalue weighted by Gasteiger charge is -2.47. The predicted molar refractivity (Wildman–Crippen MR) is 106 cm³/mol. The van der Waals surface area contributed by atoms with Gasteiger partial charge in [-0.3, -0.25) is 4.79 Å². The average Bonchev–Trinajstić information content (AvgIpc) is 2.72. The monoisotopic (exact) mass is 364 g/mol. The van der Waals surface area contributed by atoms with Gasteiger partial charge in [0.15, 0.2) is 6.29 Å². The van der Waals surface area contributed by atoms with Crippen LogP contribution in [0.2, 0.25) is 0 Å². The van der Waals surface area contributed by atoms with Crippen molar-refractivity contribution in [3.05, 3.63) is 65.7 Å². The van der Waals surface area contributed by atoms with E-state index in [0.717, 1.165) is 31.3 Å². The third-order valence-electron chi connectivity index (χ3n) is 6.57. The largest absolute Gasteiger partial charge is 0.486 e. The molecule has 0 heterocycles. The Morgan fingerprint density at radius 1 is 0.926 bits per heavy atom. The summed E-state index contributed by atoms with van der Waals surface area (Å²) < 4.78 is 5.43. The van der Waals surface area contributed by atoms with Gasteiger partial charge >= 0.3 is 0 Å². The minimum atomic E-state index is -0.126. The summed E-state index contributed by atoms with van der Waals surface area (Å²) in [7, 11) is 0. The number of ether oxygens (including phenoxy) is 1. The number of aliphatic hydroxyl groups excluding tert-OH is 1. The molecule has 0 spiro atoms. The summed E-state index contributed by atoms with van der Waals surface area (Å²) in [5.74, 6) is 2.97. The molecule has 142 valence electrons. The lowest BCUT2D eigenvalue weighted by Crippen LogP contribution is -2.37. The summed E-state index contributed by atoms with van der Waals surface area (Å²) in [5.41, 5.74) is 2.78. The van der Waals surface area contributed by atoms with E-state index in [9.17, 15) is 9.90 Å². The Hall–Kier alpha value is -2.13. The molecule has 2 aliphatic rings. The van der Waals surface area contributed by atoms with Gasteiger partial charge in [-0.15, -0.1) is 0 Å². The van der Waals surface area contributed by atoms with Crippen molar-refractivity contribution < 1.29 is 14.6 Å². The zero-order chi connectivity index (χ0) is 18.6. The van der Waals surface area contributed by atoms with E-state index in [1.54, 1.807) is 0 Å². The molecule has 3 heteroatoms. The summed E-state index contributed by atoms with van der Waals surface area (Å²) in [6.07, 6.45) is 5.99. The van der Waals surface area contributed by atoms with Gasteiger partial charge in [0.1, 0.15) is 12.4 Å². The van der Waals surface area contributed by atoms with Gasteiger partial charge in [0.05, 0.1) is 6.10 Å². The van der Waals surface area contributed by atoms with Crippen molar-refractivity contribution in [2.24, 2.45) is 11.8 Å². The maximum absolute atomic E-state index is 10.5. The number of carbonyl (C=O) groups is 1. The molecule has 0 aromatic heterocycles. The number of aliphatic hydroxyl groups is 1. The highest BCUT2D eigenvalue weighted by atomic mass is 16.5. The van der Waals surface area contributed by atoms with E-state index in [1.807, 2.05) is 12.1 Å². The van der Waals surface area contributed by atoms with Crippen LogP contribution in [-0.2, 0) is 4.79 Å². The maximum atomic E-state index is 10.5. The van der Waals surface area contributed by atoms with E-state index >= 15 is 0 Å². The molecule has 0 radical (unpaired) electrons. The van der Waals surface area contributed by atoms with E-state index < -0.39 is 0 Å². The van der Waals surface area contributed by atoms with Crippen molar-refractivity contribution in [2.45, 2.75) is 50.0 Å². The molecule has 3 nitrogen and oxygen atoms in total. The van der Waals surface area contributed by atoms with E-state index in [1.165, 1.54) is 24.0 Å². The van der Waals surface area contributed by atoms with Crippen LogP contribution in [0.15, 0.2) is 54.6 Å². The highest BCUT2D eigenvalue weighted by Gasteiger charge is 2.43. The van der Waals surface area contributed by atoms with Crippen LogP contribution in [0.3, 0.4) is 0 Å². The fourth-order valence-corrected chi connectivity index (χ4v) is 5.41. The standard InChI is InChI=1S/C24H28O3/c25-14-15-27-21-10-6-18(7-11-21)24-22(17-4-2-1-3-5-17)12-8-19-16-20(26)9-13-23(19)24/h1-7,10-11,14,19-20,22-24,26H,8-9,12-13,15-16H2/t19?,20?,22-,23?,24+/m0/s1. The summed E-state index contributed by atoms with van der Waals surface area (Å²) in [6, 6.07) is 19.2. The number of rotatable bonds is 5. The predicted octanol–water partition coefficient (Wildman–Crippen LogP) is 4.70. The zero-order valence-corrected chi connectivity index (χ0v) is 15.7. The molecule has 0 aliphatic heterocycles.